The maximum absolute atomic E-state index is 12.8. The van der Waals surface area contributed by atoms with Gasteiger partial charge in [-0.2, -0.15) is 9.98 Å². The average molecular weight is 585 g/mol. The van der Waals surface area contributed by atoms with Crippen LogP contribution in [0.5, 0.6) is 11.6 Å². The molecule has 3 amide bonds. The molecule has 14 nitrogen and oxygen atoms in total. The quantitative estimate of drug-likeness (QED) is 0.146. The number of carbonyl (C=O) groups excluding carboxylic acids is 3. The highest BCUT2D eigenvalue weighted by molar-refractivity contribution is 8.04. The van der Waals surface area contributed by atoms with Crippen LogP contribution in [0, 0.1) is 0 Å². The lowest BCUT2D eigenvalue weighted by Crippen LogP contribution is -2.33. The highest BCUT2D eigenvalue weighted by atomic mass is 32.2. The molecule has 0 fully saturated rings. The van der Waals surface area contributed by atoms with Crippen molar-refractivity contribution in [1.29, 1.82) is 0 Å². The number of nitrogens with zero attached hydrogens (tertiary/aromatic N) is 3. The molecule has 1 aromatic carbocycles. The Morgan fingerprint density at radius 1 is 1.15 bits per heavy atom. The highest BCUT2D eigenvalue weighted by Crippen LogP contribution is 2.30. The van der Waals surface area contributed by atoms with Crippen molar-refractivity contribution in [3.63, 3.8) is 0 Å². The van der Waals surface area contributed by atoms with Crippen LogP contribution in [0.3, 0.4) is 0 Å². The Morgan fingerprint density at radius 2 is 1.88 bits per heavy atom. The molecule has 0 aliphatic carbocycles. The number of aliphatic imine (C=N–C) groups is 2. The molecular weight excluding hydrogens is 552 g/mol. The topological polar surface area (TPSA) is 205 Å². The second-order valence-corrected chi connectivity index (χ2v) is 9.22. The Kier molecular flexibility index (Phi) is 10.9. The molecule has 218 valence electrons. The summed E-state index contributed by atoms with van der Waals surface area (Å²) in [4.78, 5) is 48.6. The first kappa shape index (κ1) is 30.7. The minimum Gasteiger partial charge on any atom is -0.488 e. The van der Waals surface area contributed by atoms with E-state index in [1.54, 1.807) is 37.3 Å². The van der Waals surface area contributed by atoms with E-state index >= 15 is 0 Å². The van der Waals surface area contributed by atoms with Gasteiger partial charge in [0.1, 0.15) is 28.4 Å². The molecule has 15 heteroatoms. The maximum atomic E-state index is 12.8. The SMILES string of the molecule is CCOC(=O)C1=C(NC(=O)/N=C(\N)C(Nc2ccc(C(N)=NC(C)=O)cc2)c2cnc(OC)c(OCC)c2)NCS1. The van der Waals surface area contributed by atoms with Gasteiger partial charge in [0.05, 0.1) is 26.2 Å². The molecule has 1 aromatic heterocycles. The Balaban J connectivity index is 1.94. The van der Waals surface area contributed by atoms with Gasteiger partial charge in [-0.15, -0.1) is 0 Å². The number of hydrogen-bond acceptors (Lipinski definition) is 10. The number of thioether (sulfide) groups is 1. The Hall–Kier alpha value is -4.79. The minimum absolute atomic E-state index is 0.0780. The van der Waals surface area contributed by atoms with E-state index in [1.807, 2.05) is 6.92 Å². The van der Waals surface area contributed by atoms with E-state index in [-0.39, 0.29) is 34.9 Å². The van der Waals surface area contributed by atoms with Crippen molar-refractivity contribution in [2.75, 3.05) is 31.5 Å². The monoisotopic (exact) mass is 584 g/mol. The van der Waals surface area contributed by atoms with Crippen molar-refractivity contribution in [2.24, 2.45) is 21.5 Å². The fourth-order valence-electron chi connectivity index (χ4n) is 3.59. The molecule has 1 aliphatic rings. The molecule has 0 bridgehead atoms. The summed E-state index contributed by atoms with van der Waals surface area (Å²) in [5, 5.41) is 8.69. The fourth-order valence-corrected chi connectivity index (χ4v) is 4.40. The van der Waals surface area contributed by atoms with Crippen LogP contribution >= 0.6 is 11.8 Å². The first-order valence-corrected chi connectivity index (χ1v) is 13.5. The lowest BCUT2D eigenvalue weighted by molar-refractivity contribution is -0.137. The molecular formula is C26H32N8O6S. The van der Waals surface area contributed by atoms with Gasteiger partial charge in [-0.05, 0) is 44.2 Å². The van der Waals surface area contributed by atoms with Gasteiger partial charge in [0, 0.05) is 29.9 Å². The predicted molar refractivity (Wildman–Crippen MR) is 156 cm³/mol. The normalized spacial score (nSPS) is 14.1. The number of urea groups is 1. The van der Waals surface area contributed by atoms with E-state index in [1.165, 1.54) is 32.0 Å². The number of pyridine rings is 1. The number of rotatable bonds is 11. The third kappa shape index (κ3) is 8.35. The van der Waals surface area contributed by atoms with Crippen LogP contribution in [0.1, 0.15) is 37.9 Å². The zero-order chi connectivity index (χ0) is 29.9. The van der Waals surface area contributed by atoms with Crippen molar-refractivity contribution >= 4 is 47.0 Å². The van der Waals surface area contributed by atoms with E-state index < -0.39 is 23.9 Å². The standard InChI is InChI=1S/C26H32N8O6S/c1-5-39-18-11-16(12-29-24(18)38-4)19(32-17-9-7-15(8-10-17)21(27)31-14(3)35)22(28)33-26(37)34-23-20(41-13-30-23)25(36)40-6-2/h7-12,19,30,32H,5-6,13H2,1-4H3,(H2,27,31,35)(H3,28,33,34,37). The number of anilines is 1. The maximum Gasteiger partial charge on any atom is 0.348 e. The number of amidine groups is 2. The molecule has 0 spiro atoms. The largest absolute Gasteiger partial charge is 0.488 e. The molecule has 0 saturated heterocycles. The van der Waals surface area contributed by atoms with Crippen molar-refractivity contribution in [3.05, 3.63) is 58.4 Å². The van der Waals surface area contributed by atoms with Crippen LogP contribution in [-0.2, 0) is 14.3 Å². The number of methoxy groups -OCH3 is 1. The van der Waals surface area contributed by atoms with E-state index in [9.17, 15) is 14.4 Å². The van der Waals surface area contributed by atoms with Gasteiger partial charge >= 0.3 is 12.0 Å². The molecule has 41 heavy (non-hydrogen) atoms. The lowest BCUT2D eigenvalue weighted by Gasteiger charge is -2.21. The van der Waals surface area contributed by atoms with Crippen LogP contribution in [0.25, 0.3) is 0 Å². The molecule has 7 N–H and O–H groups in total. The number of aromatic nitrogens is 1. The van der Waals surface area contributed by atoms with Gasteiger partial charge in [-0.3, -0.25) is 10.1 Å². The summed E-state index contributed by atoms with van der Waals surface area (Å²) < 4.78 is 16.0. The van der Waals surface area contributed by atoms with Gasteiger partial charge in [0.2, 0.25) is 5.91 Å². The minimum atomic E-state index is -0.850. The molecule has 0 saturated carbocycles. The van der Waals surface area contributed by atoms with Crippen LogP contribution in [0.4, 0.5) is 10.5 Å². The second-order valence-electron chi connectivity index (χ2n) is 8.24. The summed E-state index contributed by atoms with van der Waals surface area (Å²) in [6.07, 6.45) is 1.52. The van der Waals surface area contributed by atoms with E-state index in [0.717, 1.165) is 0 Å². The molecule has 2 heterocycles. The third-order valence-corrected chi connectivity index (χ3v) is 6.30. The highest BCUT2D eigenvalue weighted by Gasteiger charge is 2.25. The zero-order valence-corrected chi connectivity index (χ0v) is 23.8. The number of nitrogens with two attached hydrogens (primary N) is 2. The summed E-state index contributed by atoms with van der Waals surface area (Å²) in [5.74, 6) is 0.205. The number of amides is 3. The Labute approximate surface area is 241 Å². The molecule has 2 aromatic rings. The van der Waals surface area contributed by atoms with Gasteiger partial charge < -0.3 is 36.3 Å². The van der Waals surface area contributed by atoms with Crippen molar-refractivity contribution < 1.29 is 28.6 Å². The molecule has 1 unspecified atom stereocenters. The number of ether oxygens (including phenoxy) is 3. The Morgan fingerprint density at radius 3 is 2.51 bits per heavy atom. The van der Waals surface area contributed by atoms with Gasteiger partial charge in [-0.25, -0.2) is 14.6 Å². The first-order valence-electron chi connectivity index (χ1n) is 12.5. The van der Waals surface area contributed by atoms with Gasteiger partial charge in [-0.1, -0.05) is 11.8 Å². The van der Waals surface area contributed by atoms with Crippen molar-refractivity contribution in [3.8, 4) is 11.6 Å². The zero-order valence-electron chi connectivity index (χ0n) is 23.0. The summed E-state index contributed by atoms with van der Waals surface area (Å²) in [6, 6.07) is 6.77. The average Bonchev–Trinajstić information content (AvgIpc) is 3.40. The number of benzene rings is 1. The summed E-state index contributed by atoms with van der Waals surface area (Å²) in [6.45, 7) is 5.37. The van der Waals surface area contributed by atoms with Gasteiger partial charge in [0.25, 0.3) is 5.88 Å². The third-order valence-electron chi connectivity index (χ3n) is 5.35. The van der Waals surface area contributed by atoms with Crippen LogP contribution in [0.15, 0.2) is 57.2 Å². The van der Waals surface area contributed by atoms with Crippen LogP contribution in [0.2, 0.25) is 0 Å². The predicted octanol–water partition coefficient (Wildman–Crippen LogP) is 1.99. The Bertz CT molecular complexity index is 1380. The molecule has 0 radical (unpaired) electrons. The van der Waals surface area contributed by atoms with Gasteiger partial charge in [0.15, 0.2) is 5.75 Å². The summed E-state index contributed by atoms with van der Waals surface area (Å²) >= 11 is 1.20. The fraction of sp³-hybridized carbons (Fsp3) is 0.308. The van der Waals surface area contributed by atoms with E-state index in [0.29, 0.717) is 35.0 Å². The second kappa shape index (κ2) is 14.6. The molecule has 1 aliphatic heterocycles. The number of carbonyl (C=O) groups is 3. The number of nitrogens with one attached hydrogen (secondary N) is 3. The molecule has 3 rings (SSSR count). The summed E-state index contributed by atoms with van der Waals surface area (Å²) in [7, 11) is 1.47. The smallest absolute Gasteiger partial charge is 0.348 e. The van der Waals surface area contributed by atoms with Crippen molar-refractivity contribution in [2.45, 2.75) is 26.8 Å². The number of hydrogen-bond donors (Lipinski definition) is 5. The van der Waals surface area contributed by atoms with Crippen LogP contribution < -0.4 is 36.9 Å². The molecule has 1 atom stereocenters. The lowest BCUT2D eigenvalue weighted by atomic mass is 10.1. The van der Waals surface area contributed by atoms with Crippen LogP contribution in [-0.4, -0.2) is 60.8 Å². The number of esters is 1. The van der Waals surface area contributed by atoms with E-state index in [2.05, 4.69) is 30.9 Å². The van der Waals surface area contributed by atoms with Crippen molar-refractivity contribution in [1.82, 2.24) is 15.6 Å². The first-order chi connectivity index (χ1) is 19.7. The summed E-state index contributed by atoms with van der Waals surface area (Å²) in [5.41, 5.74) is 13.9. The van der Waals surface area contributed by atoms with E-state index in [4.69, 9.17) is 25.7 Å².